The fourth-order valence-corrected chi connectivity index (χ4v) is 1.73. The molecule has 0 aliphatic rings. The summed E-state index contributed by atoms with van der Waals surface area (Å²) in [6, 6.07) is 7.77. The van der Waals surface area contributed by atoms with Crippen LogP contribution in [0.2, 0.25) is 10.6 Å². The van der Waals surface area contributed by atoms with Gasteiger partial charge >= 0.3 is 0 Å². The first-order valence-corrected chi connectivity index (χ1v) is 5.66. The number of rotatable bonds is 2. The second kappa shape index (κ2) is 4.85. The van der Waals surface area contributed by atoms with Crippen molar-refractivity contribution in [3.05, 3.63) is 34.8 Å². The molecule has 0 N–H and O–H groups in total. The smallest absolute Gasteiger partial charge is 0.227 e. The summed E-state index contributed by atoms with van der Waals surface area (Å²) in [5.41, 5.74) is 1.95. The van der Waals surface area contributed by atoms with Crippen LogP contribution in [-0.4, -0.2) is 29.0 Å². The van der Waals surface area contributed by atoms with Crippen LogP contribution in [0.4, 0.5) is 5.69 Å². The second-order valence-corrected chi connectivity index (χ2v) is 4.31. The lowest BCUT2D eigenvalue weighted by molar-refractivity contribution is 1.06. The molecule has 0 fully saturated rings. The molecule has 4 nitrogen and oxygen atoms in total. The number of aromatic nitrogens is 3. The van der Waals surface area contributed by atoms with E-state index in [2.05, 4.69) is 15.0 Å². The van der Waals surface area contributed by atoms with E-state index in [0.29, 0.717) is 5.82 Å². The Hall–Kier alpha value is -1.39. The number of hydrogen-bond donors (Lipinski definition) is 0. The molecule has 0 aliphatic carbocycles. The first kappa shape index (κ1) is 12.1. The van der Waals surface area contributed by atoms with Crippen molar-refractivity contribution in [1.29, 1.82) is 0 Å². The van der Waals surface area contributed by atoms with Crippen molar-refractivity contribution >= 4 is 28.9 Å². The van der Waals surface area contributed by atoms with Crippen LogP contribution in [-0.2, 0) is 0 Å². The predicted octanol–water partition coefficient (Wildman–Crippen LogP) is 2.91. The summed E-state index contributed by atoms with van der Waals surface area (Å²) in [5, 5.41) is 0.188. The molecule has 6 heteroatoms. The van der Waals surface area contributed by atoms with Gasteiger partial charge in [0.15, 0.2) is 5.82 Å². The van der Waals surface area contributed by atoms with Crippen molar-refractivity contribution in [2.24, 2.45) is 0 Å². The molecule has 0 bridgehead atoms. The van der Waals surface area contributed by atoms with Gasteiger partial charge in [0, 0.05) is 25.3 Å². The summed E-state index contributed by atoms with van der Waals surface area (Å²) in [5.74, 6) is 0.473. The molecule has 1 aromatic heterocycles. The first-order chi connectivity index (χ1) is 8.06. The number of halogens is 2. The Morgan fingerprint density at radius 3 is 1.88 bits per heavy atom. The number of nitrogens with zero attached hydrogens (tertiary/aromatic N) is 4. The maximum Gasteiger partial charge on any atom is 0.227 e. The van der Waals surface area contributed by atoms with Gasteiger partial charge in [-0.15, -0.1) is 0 Å². The Balaban J connectivity index is 2.39. The Morgan fingerprint density at radius 1 is 0.882 bits per heavy atom. The van der Waals surface area contributed by atoms with Crippen molar-refractivity contribution in [3.8, 4) is 11.4 Å². The van der Waals surface area contributed by atoms with Crippen LogP contribution in [0, 0.1) is 0 Å². The fraction of sp³-hybridized carbons (Fsp3) is 0.182. The van der Waals surface area contributed by atoms with Gasteiger partial charge in [-0.2, -0.15) is 15.0 Å². The lowest BCUT2D eigenvalue weighted by Crippen LogP contribution is -2.08. The molecule has 0 saturated carbocycles. The number of anilines is 1. The van der Waals surface area contributed by atoms with E-state index in [1.54, 1.807) is 0 Å². The van der Waals surface area contributed by atoms with Gasteiger partial charge in [0.1, 0.15) is 0 Å². The molecule has 0 aliphatic heterocycles. The van der Waals surface area contributed by atoms with Gasteiger partial charge in [-0.05, 0) is 47.5 Å². The van der Waals surface area contributed by atoms with Gasteiger partial charge in [-0.25, -0.2) is 0 Å². The lowest BCUT2D eigenvalue weighted by atomic mass is 10.2. The average molecular weight is 269 g/mol. The normalized spacial score (nSPS) is 10.4. The Bertz CT molecular complexity index is 505. The summed E-state index contributed by atoms with van der Waals surface area (Å²) in [7, 11) is 3.96. The van der Waals surface area contributed by atoms with E-state index >= 15 is 0 Å². The minimum Gasteiger partial charge on any atom is -0.378 e. The highest BCUT2D eigenvalue weighted by Crippen LogP contribution is 2.21. The second-order valence-electron chi connectivity index (χ2n) is 3.64. The molecule has 2 rings (SSSR count). The van der Waals surface area contributed by atoms with Crippen LogP contribution in [0.1, 0.15) is 0 Å². The fourth-order valence-electron chi connectivity index (χ4n) is 1.36. The summed E-state index contributed by atoms with van der Waals surface area (Å²) in [6.07, 6.45) is 0. The molecule has 0 atom stereocenters. The molecule has 17 heavy (non-hydrogen) atoms. The number of hydrogen-bond acceptors (Lipinski definition) is 4. The van der Waals surface area contributed by atoms with E-state index in [1.165, 1.54) is 0 Å². The van der Waals surface area contributed by atoms with E-state index in [4.69, 9.17) is 23.2 Å². The topological polar surface area (TPSA) is 41.9 Å². The van der Waals surface area contributed by atoms with Crippen molar-refractivity contribution in [2.45, 2.75) is 0 Å². The maximum atomic E-state index is 5.73. The largest absolute Gasteiger partial charge is 0.378 e. The maximum absolute atomic E-state index is 5.73. The molecule has 0 radical (unpaired) electrons. The minimum atomic E-state index is 0.0942. The van der Waals surface area contributed by atoms with Crippen LogP contribution in [0.25, 0.3) is 11.4 Å². The van der Waals surface area contributed by atoms with Crippen LogP contribution < -0.4 is 4.90 Å². The highest BCUT2D eigenvalue weighted by atomic mass is 35.5. The molecule has 0 unspecified atom stereocenters. The van der Waals surface area contributed by atoms with Crippen molar-refractivity contribution in [1.82, 2.24) is 15.0 Å². The molecule has 2 aromatic rings. The van der Waals surface area contributed by atoms with E-state index in [9.17, 15) is 0 Å². The third-order valence-electron chi connectivity index (χ3n) is 2.22. The average Bonchev–Trinajstić information content (AvgIpc) is 2.28. The lowest BCUT2D eigenvalue weighted by Gasteiger charge is -2.12. The molecule has 0 spiro atoms. The van der Waals surface area contributed by atoms with Crippen LogP contribution in [0.5, 0.6) is 0 Å². The molecule has 1 aromatic carbocycles. The monoisotopic (exact) mass is 268 g/mol. The standard InChI is InChI=1S/C11H10Cl2N4/c1-17(2)8-5-3-7(4-6-8)9-14-10(12)16-11(13)15-9/h3-6H,1-2H3. The van der Waals surface area contributed by atoms with Crippen molar-refractivity contribution in [2.75, 3.05) is 19.0 Å². The van der Waals surface area contributed by atoms with E-state index in [1.807, 2.05) is 43.3 Å². The van der Waals surface area contributed by atoms with Gasteiger partial charge < -0.3 is 4.90 Å². The van der Waals surface area contributed by atoms with E-state index in [0.717, 1.165) is 11.3 Å². The van der Waals surface area contributed by atoms with Gasteiger partial charge in [-0.1, -0.05) is 0 Å². The third-order valence-corrected chi connectivity index (χ3v) is 2.56. The zero-order valence-electron chi connectivity index (χ0n) is 9.35. The van der Waals surface area contributed by atoms with E-state index in [-0.39, 0.29) is 10.6 Å². The highest BCUT2D eigenvalue weighted by Gasteiger charge is 2.06. The summed E-state index contributed by atoms with van der Waals surface area (Å²) < 4.78 is 0. The highest BCUT2D eigenvalue weighted by molar-refractivity contribution is 6.31. The Labute approximate surface area is 109 Å². The van der Waals surface area contributed by atoms with Gasteiger partial charge in [0.2, 0.25) is 10.6 Å². The van der Waals surface area contributed by atoms with Crippen LogP contribution in [0.3, 0.4) is 0 Å². The van der Waals surface area contributed by atoms with Crippen molar-refractivity contribution < 1.29 is 0 Å². The minimum absolute atomic E-state index is 0.0942. The molecule has 0 amide bonds. The molecule has 0 saturated heterocycles. The van der Waals surface area contributed by atoms with Crippen molar-refractivity contribution in [3.63, 3.8) is 0 Å². The third kappa shape index (κ3) is 2.84. The molecular weight excluding hydrogens is 259 g/mol. The molecule has 1 heterocycles. The van der Waals surface area contributed by atoms with Gasteiger partial charge in [-0.3, -0.25) is 0 Å². The van der Waals surface area contributed by atoms with Crippen LogP contribution in [0.15, 0.2) is 24.3 Å². The zero-order valence-corrected chi connectivity index (χ0v) is 10.9. The summed E-state index contributed by atoms with van der Waals surface area (Å²) >= 11 is 11.5. The first-order valence-electron chi connectivity index (χ1n) is 4.91. The quantitative estimate of drug-likeness (QED) is 0.840. The summed E-state index contributed by atoms with van der Waals surface area (Å²) in [6.45, 7) is 0. The van der Waals surface area contributed by atoms with E-state index < -0.39 is 0 Å². The Morgan fingerprint density at radius 2 is 1.41 bits per heavy atom. The SMILES string of the molecule is CN(C)c1ccc(-c2nc(Cl)nc(Cl)n2)cc1. The predicted molar refractivity (Wildman–Crippen MR) is 69.6 cm³/mol. The van der Waals surface area contributed by atoms with Gasteiger partial charge in [0.25, 0.3) is 0 Å². The van der Waals surface area contributed by atoms with Crippen LogP contribution >= 0.6 is 23.2 Å². The van der Waals surface area contributed by atoms with Gasteiger partial charge in [0.05, 0.1) is 0 Å². The molecular formula is C11H10Cl2N4. The number of benzene rings is 1. The summed E-state index contributed by atoms with van der Waals surface area (Å²) in [4.78, 5) is 13.8. The molecule has 88 valence electrons. The Kier molecular flexibility index (Phi) is 3.45. The zero-order chi connectivity index (χ0) is 12.4.